The minimum absolute atomic E-state index is 0.178. The highest BCUT2D eigenvalue weighted by Crippen LogP contribution is 2.26. The van der Waals surface area contributed by atoms with Gasteiger partial charge in [-0.1, -0.05) is 66.2 Å². The Kier molecular flexibility index (Phi) is 13.5. The molecule has 7 nitrogen and oxygen atoms in total. The fourth-order valence-corrected chi connectivity index (χ4v) is 5.06. The first-order valence-electron chi connectivity index (χ1n) is 15.2. The third kappa shape index (κ3) is 11.4. The molecule has 0 aromatic heterocycles. The van der Waals surface area contributed by atoms with Crippen molar-refractivity contribution in [3.05, 3.63) is 130 Å². The Hall–Kier alpha value is -4.17. The molecule has 0 fully saturated rings. The zero-order valence-corrected chi connectivity index (χ0v) is 26.6. The normalized spacial score (nSPS) is 11.6. The van der Waals surface area contributed by atoms with Crippen LogP contribution < -0.4 is 4.74 Å². The number of benzene rings is 4. The Morgan fingerprint density at radius 3 is 2.22 bits per heavy atom. The predicted molar refractivity (Wildman–Crippen MR) is 175 cm³/mol. The third-order valence-corrected chi connectivity index (χ3v) is 7.42. The molecule has 8 heteroatoms. The lowest BCUT2D eigenvalue weighted by Crippen LogP contribution is -2.30. The molecule has 45 heavy (non-hydrogen) atoms. The number of ether oxygens (including phenoxy) is 4. The molecule has 0 spiro atoms. The number of halogens is 1. The van der Waals surface area contributed by atoms with Crippen LogP contribution in [0.1, 0.15) is 59.3 Å². The quantitative estimate of drug-likeness (QED) is 0.0857. The maximum Gasteiger partial charge on any atom is 0.337 e. The van der Waals surface area contributed by atoms with Gasteiger partial charge in [0.15, 0.2) is 0 Å². The number of para-hydroxylation sites is 1. The van der Waals surface area contributed by atoms with Gasteiger partial charge in [0.2, 0.25) is 0 Å². The number of carbonyl (C=O) groups excluding carboxylic acids is 2. The molecule has 1 atom stereocenters. The van der Waals surface area contributed by atoms with Crippen LogP contribution in [-0.2, 0) is 32.2 Å². The van der Waals surface area contributed by atoms with Crippen molar-refractivity contribution in [2.45, 2.75) is 45.4 Å². The highest BCUT2D eigenvalue weighted by Gasteiger charge is 2.19. The Bertz CT molecular complexity index is 1480. The van der Waals surface area contributed by atoms with E-state index in [1.165, 1.54) is 7.11 Å². The van der Waals surface area contributed by atoms with Gasteiger partial charge in [0.1, 0.15) is 11.5 Å². The summed E-state index contributed by atoms with van der Waals surface area (Å²) in [7, 11) is 1.37. The van der Waals surface area contributed by atoms with Crippen molar-refractivity contribution in [1.29, 1.82) is 0 Å². The van der Waals surface area contributed by atoms with Crippen molar-refractivity contribution in [2.24, 2.45) is 0 Å². The van der Waals surface area contributed by atoms with Gasteiger partial charge in [0, 0.05) is 24.5 Å². The summed E-state index contributed by atoms with van der Waals surface area (Å²) in [5, 5.41) is 0.642. The fourth-order valence-electron chi connectivity index (χ4n) is 4.87. The molecule has 0 aliphatic carbocycles. The lowest BCUT2D eigenvalue weighted by Gasteiger charge is -2.28. The first-order valence-corrected chi connectivity index (χ1v) is 15.6. The van der Waals surface area contributed by atoms with Crippen LogP contribution in [0.3, 0.4) is 0 Å². The van der Waals surface area contributed by atoms with E-state index < -0.39 is 0 Å². The number of nitrogens with zero attached hydrogens (tertiary/aromatic N) is 1. The van der Waals surface area contributed by atoms with E-state index in [0.717, 1.165) is 47.6 Å². The zero-order valence-electron chi connectivity index (χ0n) is 25.8. The lowest BCUT2D eigenvalue weighted by atomic mass is 10.1. The van der Waals surface area contributed by atoms with E-state index in [4.69, 9.17) is 30.5 Å². The summed E-state index contributed by atoms with van der Waals surface area (Å²) in [5.74, 6) is 0.989. The van der Waals surface area contributed by atoms with Gasteiger partial charge in [-0.15, -0.1) is 0 Å². The average molecular weight is 630 g/mol. The molecule has 0 heterocycles. The minimum Gasteiger partial charge on any atom is -0.466 e. The number of esters is 2. The van der Waals surface area contributed by atoms with Gasteiger partial charge in [-0.05, 0) is 91.5 Å². The smallest absolute Gasteiger partial charge is 0.337 e. The highest BCUT2D eigenvalue weighted by atomic mass is 35.5. The molecule has 0 bridgehead atoms. The van der Waals surface area contributed by atoms with Crippen molar-refractivity contribution in [3.8, 4) is 11.5 Å². The minimum atomic E-state index is -0.369. The maximum absolute atomic E-state index is 11.9. The largest absolute Gasteiger partial charge is 0.466 e. The Balaban J connectivity index is 1.47. The Morgan fingerprint density at radius 2 is 1.53 bits per heavy atom. The van der Waals surface area contributed by atoms with Crippen LogP contribution in [0, 0.1) is 0 Å². The van der Waals surface area contributed by atoms with Crippen molar-refractivity contribution in [2.75, 3.05) is 26.8 Å². The van der Waals surface area contributed by atoms with Crippen molar-refractivity contribution in [1.82, 2.24) is 4.90 Å². The first-order chi connectivity index (χ1) is 21.9. The van der Waals surface area contributed by atoms with Crippen LogP contribution in [0.2, 0.25) is 5.02 Å². The van der Waals surface area contributed by atoms with Crippen LogP contribution in [0.15, 0.2) is 103 Å². The van der Waals surface area contributed by atoms with E-state index >= 15 is 0 Å². The van der Waals surface area contributed by atoms with Crippen LogP contribution in [0.25, 0.3) is 0 Å². The summed E-state index contributed by atoms with van der Waals surface area (Å²) in [6.07, 6.45) is 1.64. The zero-order chi connectivity index (χ0) is 31.9. The summed E-state index contributed by atoms with van der Waals surface area (Å²) in [6, 6.07) is 32.7. The second-order valence-corrected chi connectivity index (χ2v) is 11.0. The van der Waals surface area contributed by atoms with E-state index in [9.17, 15) is 9.59 Å². The molecule has 4 aromatic carbocycles. The van der Waals surface area contributed by atoms with Crippen molar-refractivity contribution < 1.29 is 28.5 Å². The highest BCUT2D eigenvalue weighted by molar-refractivity contribution is 6.30. The average Bonchev–Trinajstić information content (AvgIpc) is 3.06. The predicted octanol–water partition coefficient (Wildman–Crippen LogP) is 8.41. The van der Waals surface area contributed by atoms with E-state index in [1.54, 1.807) is 12.1 Å². The van der Waals surface area contributed by atoms with Gasteiger partial charge in [0.25, 0.3) is 0 Å². The molecular weight excluding hydrogens is 590 g/mol. The van der Waals surface area contributed by atoms with E-state index in [2.05, 4.69) is 4.90 Å². The molecule has 0 N–H and O–H groups in total. The number of unbranched alkanes of at least 4 members (excludes halogenated alkanes) is 1. The number of carbonyl (C=O) groups is 2. The van der Waals surface area contributed by atoms with Gasteiger partial charge in [-0.2, -0.15) is 0 Å². The first kappa shape index (κ1) is 33.7. The topological polar surface area (TPSA) is 74.3 Å². The standard InChI is InChI=1S/C37H40ClNO6/c1-3-43-36(40)14-7-8-23-39(25-28-15-19-30(20-16-28)37(41)42-2)26-35(31-10-9-11-32(38)24-31)44-27-29-17-21-34(22-18-29)45-33-12-5-4-6-13-33/h4-6,9-13,15-22,24,35H,3,7-8,14,23,25-27H2,1-2H3/t35-/m0/s1. The van der Waals surface area contributed by atoms with Gasteiger partial charge in [-0.25, -0.2) is 4.79 Å². The molecular formula is C37H40ClNO6. The SMILES string of the molecule is CCOC(=O)CCCCN(Cc1ccc(C(=O)OC)cc1)C[C@H](OCc1ccc(Oc2ccccc2)cc1)c1cccc(Cl)c1. The fraction of sp³-hybridized carbons (Fsp3) is 0.297. The summed E-state index contributed by atoms with van der Waals surface area (Å²) in [5.41, 5.74) is 3.54. The van der Waals surface area contributed by atoms with Crippen LogP contribution in [0.5, 0.6) is 11.5 Å². The van der Waals surface area contributed by atoms with Crippen LogP contribution >= 0.6 is 11.6 Å². The van der Waals surface area contributed by atoms with Gasteiger partial charge in [0.05, 0.1) is 32.0 Å². The number of methoxy groups -OCH3 is 1. The molecule has 0 aliphatic rings. The number of hydrogen-bond donors (Lipinski definition) is 0. The van der Waals surface area contributed by atoms with Crippen molar-refractivity contribution >= 4 is 23.5 Å². The van der Waals surface area contributed by atoms with Crippen LogP contribution in [-0.4, -0.2) is 43.6 Å². The molecule has 0 aliphatic heterocycles. The van der Waals surface area contributed by atoms with Gasteiger partial charge in [-0.3, -0.25) is 9.69 Å². The molecule has 0 unspecified atom stereocenters. The summed E-state index contributed by atoms with van der Waals surface area (Å²) >= 11 is 6.40. The number of rotatable bonds is 17. The number of hydrogen-bond acceptors (Lipinski definition) is 7. The molecule has 0 saturated heterocycles. The molecule has 0 saturated carbocycles. The monoisotopic (exact) mass is 629 g/mol. The van der Waals surface area contributed by atoms with E-state index in [0.29, 0.717) is 43.3 Å². The molecule has 0 radical (unpaired) electrons. The van der Waals surface area contributed by atoms with E-state index in [1.807, 2.05) is 97.9 Å². The van der Waals surface area contributed by atoms with Crippen molar-refractivity contribution in [3.63, 3.8) is 0 Å². The lowest BCUT2D eigenvalue weighted by molar-refractivity contribution is -0.143. The van der Waals surface area contributed by atoms with Gasteiger partial charge < -0.3 is 18.9 Å². The van der Waals surface area contributed by atoms with Crippen LogP contribution in [0.4, 0.5) is 0 Å². The molecule has 0 amide bonds. The summed E-state index contributed by atoms with van der Waals surface area (Å²) < 4.78 is 22.4. The summed E-state index contributed by atoms with van der Waals surface area (Å²) in [4.78, 5) is 26.1. The van der Waals surface area contributed by atoms with Gasteiger partial charge >= 0.3 is 11.9 Å². The third-order valence-electron chi connectivity index (χ3n) is 7.19. The molecule has 4 rings (SSSR count). The second kappa shape index (κ2) is 18.0. The Labute approximate surface area is 270 Å². The molecule has 4 aromatic rings. The summed E-state index contributed by atoms with van der Waals surface area (Å²) in [6.45, 7) is 4.56. The Morgan fingerprint density at radius 1 is 0.822 bits per heavy atom. The van der Waals surface area contributed by atoms with E-state index in [-0.39, 0.29) is 18.0 Å². The maximum atomic E-state index is 11.9. The molecule has 236 valence electrons. The second-order valence-electron chi connectivity index (χ2n) is 10.6.